The van der Waals surface area contributed by atoms with Crippen molar-refractivity contribution >= 4 is 38.1 Å². The van der Waals surface area contributed by atoms with Crippen molar-refractivity contribution in [2.75, 3.05) is 22.8 Å². The van der Waals surface area contributed by atoms with Gasteiger partial charge in [-0.05, 0) is 60.9 Å². The number of carbonyl (C=O) groups excluding carboxylic acids is 1. The van der Waals surface area contributed by atoms with Crippen molar-refractivity contribution in [1.29, 1.82) is 0 Å². The number of hydrogen-bond acceptors (Lipinski definition) is 4. The number of sulfonamides is 1. The SMILES string of the molecule is CC(C)CN1C(=O)C(C)(C)COc2ccc(NS(=O)(=O)c3ccc4ccccc4c3)cc21. The summed E-state index contributed by atoms with van der Waals surface area (Å²) in [5, 5.41) is 1.82. The summed E-state index contributed by atoms with van der Waals surface area (Å²) in [6, 6.07) is 17.7. The summed E-state index contributed by atoms with van der Waals surface area (Å²) >= 11 is 0. The third-order valence-electron chi connectivity index (χ3n) is 5.49. The summed E-state index contributed by atoms with van der Waals surface area (Å²) in [6.07, 6.45) is 0. The quantitative estimate of drug-likeness (QED) is 0.588. The third-order valence-corrected chi connectivity index (χ3v) is 6.87. The molecule has 0 aliphatic carbocycles. The summed E-state index contributed by atoms with van der Waals surface area (Å²) in [5.74, 6) is 0.761. The Morgan fingerprint density at radius 1 is 1.03 bits per heavy atom. The fraction of sp³-hybridized carbons (Fsp3) is 0.320. The number of anilines is 2. The number of nitrogens with one attached hydrogen (secondary N) is 1. The predicted molar refractivity (Wildman–Crippen MR) is 128 cm³/mol. The third kappa shape index (κ3) is 4.30. The van der Waals surface area contributed by atoms with E-state index in [9.17, 15) is 13.2 Å². The van der Waals surface area contributed by atoms with Gasteiger partial charge in [-0.25, -0.2) is 8.42 Å². The Hall–Kier alpha value is -3.06. The number of nitrogens with zero attached hydrogens (tertiary/aromatic N) is 1. The van der Waals surface area contributed by atoms with Crippen LogP contribution in [-0.2, 0) is 14.8 Å². The van der Waals surface area contributed by atoms with Gasteiger partial charge in [-0.2, -0.15) is 0 Å². The van der Waals surface area contributed by atoms with Crippen LogP contribution in [0.2, 0.25) is 0 Å². The van der Waals surface area contributed by atoms with Gasteiger partial charge in [-0.3, -0.25) is 9.52 Å². The monoisotopic (exact) mass is 452 g/mol. The fourth-order valence-corrected chi connectivity index (χ4v) is 4.89. The lowest BCUT2D eigenvalue weighted by Gasteiger charge is -2.29. The smallest absolute Gasteiger partial charge is 0.261 e. The van der Waals surface area contributed by atoms with Crippen LogP contribution in [0.5, 0.6) is 5.75 Å². The minimum absolute atomic E-state index is 0.0421. The largest absolute Gasteiger partial charge is 0.490 e. The molecule has 0 atom stereocenters. The average Bonchev–Trinajstić information content (AvgIpc) is 2.83. The maximum atomic E-state index is 13.2. The zero-order valence-electron chi connectivity index (χ0n) is 18.8. The molecule has 1 amide bonds. The van der Waals surface area contributed by atoms with E-state index < -0.39 is 15.4 Å². The molecule has 1 heterocycles. The second-order valence-corrected chi connectivity index (χ2v) is 11.0. The molecule has 1 aliphatic heterocycles. The van der Waals surface area contributed by atoms with Gasteiger partial charge in [-0.1, -0.05) is 44.2 Å². The number of benzene rings is 3. The highest BCUT2D eigenvalue weighted by molar-refractivity contribution is 7.92. The fourth-order valence-electron chi connectivity index (χ4n) is 3.80. The van der Waals surface area contributed by atoms with Gasteiger partial charge in [0.2, 0.25) is 5.91 Å². The standard InChI is InChI=1S/C25H28N2O4S/c1-17(2)15-27-22-14-20(10-12-23(22)31-16-25(3,4)24(27)28)26-32(29,30)21-11-9-18-7-5-6-8-19(18)13-21/h5-14,17,26H,15-16H2,1-4H3. The van der Waals surface area contributed by atoms with Gasteiger partial charge in [0.05, 0.1) is 21.7 Å². The van der Waals surface area contributed by atoms with Gasteiger partial charge in [0, 0.05) is 6.54 Å². The highest BCUT2D eigenvalue weighted by Gasteiger charge is 2.38. The molecule has 1 N–H and O–H groups in total. The van der Waals surface area contributed by atoms with Gasteiger partial charge < -0.3 is 9.64 Å². The number of fused-ring (bicyclic) bond motifs is 2. The molecule has 0 fully saturated rings. The molecule has 7 heteroatoms. The minimum atomic E-state index is -3.81. The molecule has 3 aromatic carbocycles. The Labute approximate surface area is 189 Å². The van der Waals surface area contributed by atoms with Crippen molar-refractivity contribution in [1.82, 2.24) is 0 Å². The maximum Gasteiger partial charge on any atom is 0.261 e. The molecule has 32 heavy (non-hydrogen) atoms. The molecule has 0 saturated carbocycles. The van der Waals surface area contributed by atoms with Crippen LogP contribution in [0, 0.1) is 11.3 Å². The zero-order chi connectivity index (χ0) is 23.1. The second-order valence-electron chi connectivity index (χ2n) is 9.28. The van der Waals surface area contributed by atoms with Gasteiger partial charge in [0.1, 0.15) is 12.4 Å². The summed E-state index contributed by atoms with van der Waals surface area (Å²) in [5.41, 5.74) is 0.272. The summed E-state index contributed by atoms with van der Waals surface area (Å²) in [6.45, 7) is 8.57. The van der Waals surface area contributed by atoms with Crippen LogP contribution < -0.4 is 14.4 Å². The molecule has 0 saturated heterocycles. The molecule has 3 aromatic rings. The van der Waals surface area contributed by atoms with Crippen LogP contribution in [0.4, 0.5) is 11.4 Å². The van der Waals surface area contributed by atoms with Gasteiger partial charge in [-0.15, -0.1) is 0 Å². The maximum absolute atomic E-state index is 13.2. The van der Waals surface area contributed by atoms with Crippen LogP contribution in [0.25, 0.3) is 10.8 Å². The Balaban J connectivity index is 1.70. The van der Waals surface area contributed by atoms with E-state index >= 15 is 0 Å². The molecular formula is C25H28N2O4S. The lowest BCUT2D eigenvalue weighted by Crippen LogP contribution is -2.43. The van der Waals surface area contributed by atoms with E-state index in [4.69, 9.17) is 4.74 Å². The first-order valence-corrected chi connectivity index (χ1v) is 12.2. The first kappa shape index (κ1) is 22.1. The number of carbonyl (C=O) groups is 1. The van der Waals surface area contributed by atoms with Crippen molar-refractivity contribution in [2.24, 2.45) is 11.3 Å². The molecular weight excluding hydrogens is 424 g/mol. The van der Waals surface area contributed by atoms with E-state index in [0.29, 0.717) is 23.7 Å². The van der Waals surface area contributed by atoms with E-state index in [-0.39, 0.29) is 23.3 Å². The van der Waals surface area contributed by atoms with Gasteiger partial charge >= 0.3 is 0 Å². The predicted octanol–water partition coefficient (Wildman–Crippen LogP) is 5.05. The summed E-state index contributed by atoms with van der Waals surface area (Å²) in [4.78, 5) is 15.1. The first-order valence-electron chi connectivity index (χ1n) is 10.7. The number of rotatable bonds is 5. The molecule has 168 valence electrons. The molecule has 4 rings (SSSR count). The van der Waals surface area contributed by atoms with E-state index in [1.165, 1.54) is 0 Å². The van der Waals surface area contributed by atoms with Crippen LogP contribution in [0.15, 0.2) is 65.6 Å². The number of ether oxygens (including phenoxy) is 1. The van der Waals surface area contributed by atoms with E-state index in [1.54, 1.807) is 41.3 Å². The van der Waals surface area contributed by atoms with Gasteiger partial charge in [0.25, 0.3) is 10.0 Å². The highest BCUT2D eigenvalue weighted by atomic mass is 32.2. The summed E-state index contributed by atoms with van der Waals surface area (Å²) < 4.78 is 34.8. The minimum Gasteiger partial charge on any atom is -0.490 e. The Morgan fingerprint density at radius 3 is 2.47 bits per heavy atom. The van der Waals surface area contributed by atoms with Crippen molar-refractivity contribution < 1.29 is 17.9 Å². The molecule has 0 bridgehead atoms. The topological polar surface area (TPSA) is 75.7 Å². The number of amides is 1. The average molecular weight is 453 g/mol. The molecule has 0 radical (unpaired) electrons. The van der Waals surface area contributed by atoms with Gasteiger partial charge in [0.15, 0.2) is 0 Å². The molecule has 0 unspecified atom stereocenters. The molecule has 0 aromatic heterocycles. The lowest BCUT2D eigenvalue weighted by atomic mass is 9.92. The molecule has 6 nitrogen and oxygen atoms in total. The normalized spacial score (nSPS) is 15.9. The van der Waals surface area contributed by atoms with E-state index in [1.807, 2.05) is 52.0 Å². The van der Waals surface area contributed by atoms with Crippen LogP contribution in [0.3, 0.4) is 0 Å². The zero-order valence-corrected chi connectivity index (χ0v) is 19.6. The van der Waals surface area contributed by atoms with Crippen LogP contribution >= 0.6 is 0 Å². The van der Waals surface area contributed by atoms with Crippen molar-refractivity contribution in [2.45, 2.75) is 32.6 Å². The van der Waals surface area contributed by atoms with E-state index in [2.05, 4.69) is 4.72 Å². The molecule has 0 spiro atoms. The Kier molecular flexibility index (Phi) is 5.63. The first-order chi connectivity index (χ1) is 15.1. The second kappa shape index (κ2) is 8.13. The van der Waals surface area contributed by atoms with Crippen molar-refractivity contribution in [3.05, 3.63) is 60.7 Å². The Bertz CT molecular complexity index is 1280. The van der Waals surface area contributed by atoms with Crippen molar-refractivity contribution in [3.8, 4) is 5.75 Å². The van der Waals surface area contributed by atoms with E-state index in [0.717, 1.165) is 10.8 Å². The molecule has 1 aliphatic rings. The summed E-state index contributed by atoms with van der Waals surface area (Å²) in [7, 11) is -3.81. The van der Waals surface area contributed by atoms with Crippen LogP contribution in [0.1, 0.15) is 27.7 Å². The van der Waals surface area contributed by atoms with Crippen LogP contribution in [-0.4, -0.2) is 27.5 Å². The number of hydrogen-bond donors (Lipinski definition) is 1. The van der Waals surface area contributed by atoms with Crippen molar-refractivity contribution in [3.63, 3.8) is 0 Å². The Morgan fingerprint density at radius 2 is 1.75 bits per heavy atom. The lowest BCUT2D eigenvalue weighted by molar-refractivity contribution is -0.127. The highest BCUT2D eigenvalue weighted by Crippen LogP contribution is 2.39.